The van der Waals surface area contributed by atoms with Crippen LogP contribution in [0.1, 0.15) is 6.42 Å². The standard InChI is InChI=1S/C22H17Cl2NO3/c23-12-1-13-26-17-6-2-15(3-7-17)22-25-20-11-10-19(14-21(20)28-22)27-18-8-4-16(24)5-9-18/h2-11,14H,1,12-13H2. The van der Waals surface area contributed by atoms with Gasteiger partial charge in [0.2, 0.25) is 5.89 Å². The summed E-state index contributed by atoms with van der Waals surface area (Å²) in [5.41, 5.74) is 2.30. The number of benzene rings is 3. The minimum atomic E-state index is 0.547. The Bertz CT molecular complexity index is 1060. The molecule has 0 N–H and O–H groups in total. The van der Waals surface area contributed by atoms with Crippen molar-refractivity contribution >= 4 is 34.3 Å². The van der Waals surface area contributed by atoms with E-state index in [-0.39, 0.29) is 0 Å². The maximum atomic E-state index is 5.92. The predicted octanol–water partition coefficient (Wildman–Crippen LogP) is 6.95. The first-order valence-corrected chi connectivity index (χ1v) is 9.76. The van der Waals surface area contributed by atoms with Crippen LogP contribution in [0.15, 0.2) is 71.1 Å². The Labute approximate surface area is 172 Å². The van der Waals surface area contributed by atoms with E-state index < -0.39 is 0 Å². The Hall–Kier alpha value is -2.69. The van der Waals surface area contributed by atoms with Gasteiger partial charge in [0, 0.05) is 22.5 Å². The molecule has 0 aliphatic heterocycles. The van der Waals surface area contributed by atoms with E-state index in [1.165, 1.54) is 0 Å². The molecule has 0 amide bonds. The van der Waals surface area contributed by atoms with Crippen molar-refractivity contribution in [1.82, 2.24) is 4.98 Å². The third kappa shape index (κ3) is 4.41. The zero-order chi connectivity index (χ0) is 19.3. The summed E-state index contributed by atoms with van der Waals surface area (Å²) in [6, 6.07) is 20.4. The largest absolute Gasteiger partial charge is 0.494 e. The summed E-state index contributed by atoms with van der Waals surface area (Å²) in [6.07, 6.45) is 0.814. The van der Waals surface area contributed by atoms with Gasteiger partial charge in [-0.1, -0.05) is 11.6 Å². The molecule has 0 saturated carbocycles. The number of halogens is 2. The normalized spacial score (nSPS) is 10.9. The molecule has 0 aliphatic rings. The lowest BCUT2D eigenvalue weighted by molar-refractivity contribution is 0.318. The Kier molecular flexibility index (Phi) is 5.70. The van der Waals surface area contributed by atoms with Crippen LogP contribution < -0.4 is 9.47 Å². The molecule has 1 aromatic heterocycles. The van der Waals surface area contributed by atoms with Crippen molar-refractivity contribution in [2.45, 2.75) is 6.42 Å². The van der Waals surface area contributed by atoms with Crippen molar-refractivity contribution in [2.75, 3.05) is 12.5 Å². The van der Waals surface area contributed by atoms with E-state index in [0.29, 0.717) is 40.5 Å². The molecule has 0 aliphatic carbocycles. The van der Waals surface area contributed by atoms with Crippen molar-refractivity contribution in [3.05, 3.63) is 71.8 Å². The second-order valence-electron chi connectivity index (χ2n) is 6.12. The van der Waals surface area contributed by atoms with Gasteiger partial charge in [0.05, 0.1) is 6.61 Å². The van der Waals surface area contributed by atoms with E-state index in [2.05, 4.69) is 4.98 Å². The molecule has 142 valence electrons. The second kappa shape index (κ2) is 8.55. The molecule has 0 fully saturated rings. The average Bonchev–Trinajstić information content (AvgIpc) is 3.14. The Morgan fingerprint density at radius 2 is 1.57 bits per heavy atom. The van der Waals surface area contributed by atoms with Crippen LogP contribution in [-0.4, -0.2) is 17.5 Å². The highest BCUT2D eigenvalue weighted by atomic mass is 35.5. The predicted molar refractivity (Wildman–Crippen MR) is 112 cm³/mol. The summed E-state index contributed by atoms with van der Waals surface area (Å²) in [5, 5.41) is 0.665. The smallest absolute Gasteiger partial charge is 0.227 e. The van der Waals surface area contributed by atoms with Crippen LogP contribution in [0.4, 0.5) is 0 Å². The molecule has 0 saturated heterocycles. The van der Waals surface area contributed by atoms with Gasteiger partial charge >= 0.3 is 0 Å². The highest BCUT2D eigenvalue weighted by Crippen LogP contribution is 2.30. The maximum Gasteiger partial charge on any atom is 0.227 e. The van der Waals surface area contributed by atoms with Gasteiger partial charge in [0.15, 0.2) is 5.58 Å². The fourth-order valence-corrected chi connectivity index (χ4v) is 2.90. The van der Waals surface area contributed by atoms with Gasteiger partial charge in [0.1, 0.15) is 22.8 Å². The summed E-state index contributed by atoms with van der Waals surface area (Å²) in [4.78, 5) is 4.55. The molecule has 0 spiro atoms. The lowest BCUT2D eigenvalue weighted by Crippen LogP contribution is -1.97. The molecule has 6 heteroatoms. The number of aromatic nitrogens is 1. The monoisotopic (exact) mass is 413 g/mol. The highest BCUT2D eigenvalue weighted by molar-refractivity contribution is 6.30. The number of ether oxygens (including phenoxy) is 2. The number of hydrogen-bond donors (Lipinski definition) is 0. The molecule has 0 bridgehead atoms. The molecule has 4 nitrogen and oxygen atoms in total. The summed E-state index contributed by atoms with van der Waals surface area (Å²) in [5.74, 6) is 3.30. The molecule has 4 rings (SSSR count). The van der Waals surface area contributed by atoms with Crippen molar-refractivity contribution in [3.63, 3.8) is 0 Å². The lowest BCUT2D eigenvalue weighted by Gasteiger charge is -2.05. The van der Waals surface area contributed by atoms with Crippen LogP contribution in [0, 0.1) is 0 Å². The van der Waals surface area contributed by atoms with Gasteiger partial charge in [-0.15, -0.1) is 11.6 Å². The molecule has 1 heterocycles. The van der Waals surface area contributed by atoms with E-state index in [1.54, 1.807) is 12.1 Å². The van der Waals surface area contributed by atoms with Crippen LogP contribution in [0.5, 0.6) is 17.2 Å². The van der Waals surface area contributed by atoms with Crippen LogP contribution in [-0.2, 0) is 0 Å². The zero-order valence-corrected chi connectivity index (χ0v) is 16.4. The summed E-state index contributed by atoms with van der Waals surface area (Å²) in [6.45, 7) is 0.599. The fraction of sp³-hybridized carbons (Fsp3) is 0.136. The Balaban J connectivity index is 1.52. The molecule has 4 aromatic rings. The van der Waals surface area contributed by atoms with Gasteiger partial charge < -0.3 is 13.9 Å². The first kappa shape index (κ1) is 18.7. The topological polar surface area (TPSA) is 44.5 Å². The third-order valence-electron chi connectivity index (χ3n) is 4.06. The summed E-state index contributed by atoms with van der Waals surface area (Å²) in [7, 11) is 0. The first-order chi connectivity index (χ1) is 13.7. The second-order valence-corrected chi connectivity index (χ2v) is 6.93. The minimum absolute atomic E-state index is 0.547. The van der Waals surface area contributed by atoms with E-state index in [9.17, 15) is 0 Å². The molecule has 0 radical (unpaired) electrons. The van der Waals surface area contributed by atoms with Crippen molar-refractivity contribution < 1.29 is 13.9 Å². The SMILES string of the molecule is ClCCCOc1ccc(-c2nc3ccc(Oc4ccc(Cl)cc4)cc3o2)cc1. The number of nitrogens with zero attached hydrogens (tertiary/aromatic N) is 1. The molecule has 0 unspecified atom stereocenters. The fourth-order valence-electron chi connectivity index (χ4n) is 2.67. The van der Waals surface area contributed by atoms with Crippen LogP contribution in [0.3, 0.4) is 0 Å². The van der Waals surface area contributed by atoms with E-state index in [1.807, 2.05) is 54.6 Å². The van der Waals surface area contributed by atoms with Crippen LogP contribution in [0.2, 0.25) is 5.02 Å². The van der Waals surface area contributed by atoms with Gasteiger partial charge in [-0.05, 0) is 67.1 Å². The maximum absolute atomic E-state index is 5.92. The molecular weight excluding hydrogens is 397 g/mol. The summed E-state index contributed by atoms with van der Waals surface area (Å²) >= 11 is 11.6. The number of hydrogen-bond acceptors (Lipinski definition) is 4. The van der Waals surface area contributed by atoms with E-state index in [4.69, 9.17) is 37.1 Å². The number of alkyl halides is 1. The minimum Gasteiger partial charge on any atom is -0.494 e. The molecular formula is C22H17Cl2NO3. The number of oxazole rings is 1. The highest BCUT2D eigenvalue weighted by Gasteiger charge is 2.10. The molecule has 0 atom stereocenters. The quantitative estimate of drug-likeness (QED) is 0.243. The number of fused-ring (bicyclic) bond motifs is 1. The average molecular weight is 414 g/mol. The van der Waals surface area contributed by atoms with Crippen molar-refractivity contribution in [1.29, 1.82) is 0 Å². The van der Waals surface area contributed by atoms with Gasteiger partial charge in [-0.2, -0.15) is 0 Å². The summed E-state index contributed by atoms with van der Waals surface area (Å²) < 4.78 is 17.4. The van der Waals surface area contributed by atoms with E-state index in [0.717, 1.165) is 23.3 Å². The number of rotatable bonds is 7. The molecule has 3 aromatic carbocycles. The first-order valence-electron chi connectivity index (χ1n) is 8.84. The Morgan fingerprint density at radius 1 is 0.857 bits per heavy atom. The zero-order valence-electron chi connectivity index (χ0n) is 14.9. The van der Waals surface area contributed by atoms with Crippen LogP contribution in [0.25, 0.3) is 22.6 Å². The van der Waals surface area contributed by atoms with Gasteiger partial charge in [0.25, 0.3) is 0 Å². The van der Waals surface area contributed by atoms with Crippen molar-refractivity contribution in [3.8, 4) is 28.7 Å². The third-order valence-corrected chi connectivity index (χ3v) is 4.58. The molecule has 28 heavy (non-hydrogen) atoms. The van der Waals surface area contributed by atoms with E-state index >= 15 is 0 Å². The van der Waals surface area contributed by atoms with Gasteiger partial charge in [-0.3, -0.25) is 0 Å². The van der Waals surface area contributed by atoms with Crippen LogP contribution >= 0.6 is 23.2 Å². The van der Waals surface area contributed by atoms with Gasteiger partial charge in [-0.25, -0.2) is 4.98 Å². The lowest BCUT2D eigenvalue weighted by atomic mass is 10.2. The Morgan fingerprint density at radius 3 is 2.32 bits per heavy atom. The van der Waals surface area contributed by atoms with Crippen molar-refractivity contribution in [2.24, 2.45) is 0 Å².